The van der Waals surface area contributed by atoms with E-state index >= 15 is 0 Å². The van der Waals surface area contributed by atoms with Gasteiger partial charge in [0.1, 0.15) is 0 Å². The van der Waals surface area contributed by atoms with Crippen LogP contribution in [0.4, 0.5) is 0 Å². The lowest BCUT2D eigenvalue weighted by atomic mass is 9.80. The van der Waals surface area contributed by atoms with Crippen LogP contribution in [0, 0.1) is 5.92 Å². The highest BCUT2D eigenvalue weighted by atomic mass is 14.5. The van der Waals surface area contributed by atoms with Gasteiger partial charge in [0.2, 0.25) is 0 Å². The summed E-state index contributed by atoms with van der Waals surface area (Å²) in [5, 5.41) is 0. The van der Waals surface area contributed by atoms with E-state index in [9.17, 15) is 0 Å². The second-order valence-corrected chi connectivity index (χ2v) is 6.41. The zero-order valence-corrected chi connectivity index (χ0v) is 14.3. The fourth-order valence-corrected chi connectivity index (χ4v) is 3.50. The first-order chi connectivity index (χ1) is 11.7. The largest absolute Gasteiger partial charge is 0.326 e. The van der Waals surface area contributed by atoms with Crippen LogP contribution >= 0.6 is 0 Å². The quantitative estimate of drug-likeness (QED) is 0.836. The number of rotatable bonds is 6. The van der Waals surface area contributed by atoms with Crippen molar-refractivity contribution < 1.29 is 0 Å². The SMILES string of the molecule is CCC1=CC(C(c2cccc(CN)c2)c2cccc(CN)c2)C=C1. The molecule has 0 aromatic heterocycles. The fraction of sp³-hybridized carbons (Fsp3) is 0.273. The molecule has 1 atom stereocenters. The summed E-state index contributed by atoms with van der Waals surface area (Å²) in [7, 11) is 0. The Balaban J connectivity index is 2.06. The molecule has 2 nitrogen and oxygen atoms in total. The van der Waals surface area contributed by atoms with Crippen molar-refractivity contribution in [3.8, 4) is 0 Å². The van der Waals surface area contributed by atoms with E-state index < -0.39 is 0 Å². The lowest BCUT2D eigenvalue weighted by molar-refractivity contribution is 0.688. The summed E-state index contributed by atoms with van der Waals surface area (Å²) < 4.78 is 0. The average molecular weight is 318 g/mol. The average Bonchev–Trinajstić information content (AvgIpc) is 3.11. The molecule has 4 N–H and O–H groups in total. The molecule has 0 amide bonds. The standard InChI is InChI=1S/C22H26N2/c1-2-16-9-10-21(11-16)22(19-7-3-5-17(12-19)14-23)20-8-4-6-18(13-20)15-24/h3-13,21-22H,2,14-15,23-24H2,1H3. The van der Waals surface area contributed by atoms with E-state index in [2.05, 4.69) is 73.7 Å². The van der Waals surface area contributed by atoms with Crippen molar-refractivity contribution in [2.45, 2.75) is 32.4 Å². The summed E-state index contributed by atoms with van der Waals surface area (Å²) in [5.74, 6) is 0.671. The minimum Gasteiger partial charge on any atom is -0.326 e. The first-order valence-corrected chi connectivity index (χ1v) is 8.72. The van der Waals surface area contributed by atoms with Gasteiger partial charge < -0.3 is 11.5 Å². The monoisotopic (exact) mass is 318 g/mol. The van der Waals surface area contributed by atoms with E-state index in [-0.39, 0.29) is 0 Å². The third-order valence-corrected chi connectivity index (χ3v) is 4.82. The Morgan fingerprint density at radius 2 is 1.50 bits per heavy atom. The van der Waals surface area contributed by atoms with Crippen LogP contribution in [0.2, 0.25) is 0 Å². The molecule has 0 fully saturated rings. The molecule has 1 unspecified atom stereocenters. The Kier molecular flexibility index (Phi) is 5.29. The normalized spacial score (nSPS) is 16.7. The van der Waals surface area contributed by atoms with E-state index in [0.717, 1.165) is 6.42 Å². The van der Waals surface area contributed by atoms with Crippen molar-refractivity contribution in [3.63, 3.8) is 0 Å². The Bertz CT molecular complexity index is 711. The maximum Gasteiger partial charge on any atom is 0.0187 e. The molecular weight excluding hydrogens is 292 g/mol. The lowest BCUT2D eigenvalue weighted by Crippen LogP contribution is -2.11. The summed E-state index contributed by atoms with van der Waals surface area (Å²) >= 11 is 0. The second-order valence-electron chi connectivity index (χ2n) is 6.41. The number of hydrogen-bond donors (Lipinski definition) is 2. The van der Waals surface area contributed by atoms with Gasteiger partial charge in [0.25, 0.3) is 0 Å². The minimum absolute atomic E-state index is 0.295. The fourth-order valence-electron chi connectivity index (χ4n) is 3.50. The number of nitrogens with two attached hydrogens (primary N) is 2. The van der Waals surface area contributed by atoms with Crippen LogP contribution in [-0.2, 0) is 13.1 Å². The van der Waals surface area contributed by atoms with Crippen molar-refractivity contribution in [2.24, 2.45) is 17.4 Å². The minimum atomic E-state index is 0.295. The van der Waals surface area contributed by atoms with Crippen molar-refractivity contribution >= 4 is 0 Å². The summed E-state index contributed by atoms with van der Waals surface area (Å²) in [4.78, 5) is 0. The summed E-state index contributed by atoms with van der Waals surface area (Å²) in [6, 6.07) is 17.3. The smallest absolute Gasteiger partial charge is 0.0187 e. The van der Waals surface area contributed by atoms with Gasteiger partial charge in [0, 0.05) is 24.9 Å². The predicted molar refractivity (Wildman–Crippen MR) is 102 cm³/mol. The zero-order valence-electron chi connectivity index (χ0n) is 14.3. The Morgan fingerprint density at radius 1 is 0.917 bits per heavy atom. The molecule has 0 spiro atoms. The summed E-state index contributed by atoms with van der Waals surface area (Å²) in [6.45, 7) is 3.34. The van der Waals surface area contributed by atoms with Gasteiger partial charge in [-0.2, -0.15) is 0 Å². The van der Waals surface area contributed by atoms with Crippen molar-refractivity contribution in [1.29, 1.82) is 0 Å². The highest BCUT2D eigenvalue weighted by Crippen LogP contribution is 2.38. The van der Waals surface area contributed by atoms with Crippen LogP contribution in [0.3, 0.4) is 0 Å². The molecular formula is C22H26N2. The first kappa shape index (κ1) is 16.7. The van der Waals surface area contributed by atoms with Crippen LogP contribution in [-0.4, -0.2) is 0 Å². The molecule has 2 aromatic carbocycles. The van der Waals surface area contributed by atoms with Crippen LogP contribution in [0.1, 0.15) is 41.5 Å². The topological polar surface area (TPSA) is 52.0 Å². The molecule has 1 aliphatic rings. The van der Waals surface area contributed by atoms with Crippen molar-refractivity contribution in [1.82, 2.24) is 0 Å². The third kappa shape index (κ3) is 3.50. The predicted octanol–water partition coefficient (Wildman–Crippen LogP) is 4.26. The van der Waals surface area contributed by atoms with Crippen molar-refractivity contribution in [3.05, 3.63) is 94.6 Å². The number of benzene rings is 2. The van der Waals surface area contributed by atoms with Gasteiger partial charge in [0.05, 0.1) is 0 Å². The maximum atomic E-state index is 5.86. The van der Waals surface area contributed by atoms with Gasteiger partial charge in [-0.3, -0.25) is 0 Å². The van der Waals surface area contributed by atoms with Crippen molar-refractivity contribution in [2.75, 3.05) is 0 Å². The third-order valence-electron chi connectivity index (χ3n) is 4.82. The van der Waals surface area contributed by atoms with Gasteiger partial charge in [-0.25, -0.2) is 0 Å². The molecule has 0 radical (unpaired) electrons. The van der Waals surface area contributed by atoms with Gasteiger partial charge >= 0.3 is 0 Å². The van der Waals surface area contributed by atoms with Gasteiger partial charge in [-0.05, 0) is 28.7 Å². The molecule has 2 aromatic rings. The summed E-state index contributed by atoms with van der Waals surface area (Å²) in [5.41, 5.74) is 18.1. The molecule has 0 aliphatic heterocycles. The Labute approximate surface area is 144 Å². The van der Waals surface area contributed by atoms with Gasteiger partial charge in [-0.1, -0.05) is 79.3 Å². The van der Waals surface area contributed by atoms with Crippen LogP contribution < -0.4 is 11.5 Å². The highest BCUT2D eigenvalue weighted by molar-refractivity contribution is 5.43. The maximum absolute atomic E-state index is 5.86. The number of hydrogen-bond acceptors (Lipinski definition) is 2. The highest BCUT2D eigenvalue weighted by Gasteiger charge is 2.24. The molecule has 1 aliphatic carbocycles. The van der Waals surface area contributed by atoms with Gasteiger partial charge in [0.15, 0.2) is 0 Å². The van der Waals surface area contributed by atoms with E-state index in [0.29, 0.717) is 24.9 Å². The molecule has 0 heterocycles. The van der Waals surface area contributed by atoms with Crippen LogP contribution in [0.25, 0.3) is 0 Å². The molecule has 24 heavy (non-hydrogen) atoms. The molecule has 2 heteroatoms. The molecule has 3 rings (SSSR count). The summed E-state index contributed by atoms with van der Waals surface area (Å²) in [6.07, 6.45) is 8.06. The second kappa shape index (κ2) is 7.61. The Morgan fingerprint density at radius 3 is 1.96 bits per heavy atom. The first-order valence-electron chi connectivity index (χ1n) is 8.72. The van der Waals surface area contributed by atoms with E-state index in [4.69, 9.17) is 11.5 Å². The molecule has 0 saturated carbocycles. The van der Waals surface area contributed by atoms with E-state index in [1.54, 1.807) is 0 Å². The molecule has 0 bridgehead atoms. The van der Waals surface area contributed by atoms with Crippen LogP contribution in [0.5, 0.6) is 0 Å². The van der Waals surface area contributed by atoms with E-state index in [1.165, 1.54) is 27.8 Å². The molecule has 0 saturated heterocycles. The number of allylic oxidation sites excluding steroid dienone is 4. The molecule has 124 valence electrons. The lowest BCUT2D eigenvalue weighted by Gasteiger charge is -2.23. The Hall–Kier alpha value is -2.16. The van der Waals surface area contributed by atoms with Crippen LogP contribution in [0.15, 0.2) is 72.3 Å². The van der Waals surface area contributed by atoms with Gasteiger partial charge in [-0.15, -0.1) is 0 Å². The zero-order chi connectivity index (χ0) is 16.9. The van der Waals surface area contributed by atoms with E-state index in [1.807, 2.05) is 0 Å².